The monoisotopic (exact) mass is 584 g/mol. The number of rotatable bonds is 9. The van der Waals surface area contributed by atoms with Gasteiger partial charge < -0.3 is 14.9 Å². The Morgan fingerprint density at radius 1 is 0.721 bits per heavy atom. The number of ether oxygens (including phenoxy) is 1. The lowest BCUT2D eigenvalue weighted by Crippen LogP contribution is -2.45. The third kappa shape index (κ3) is 9.63. The van der Waals surface area contributed by atoms with Gasteiger partial charge in [0.25, 0.3) is 0 Å². The fourth-order valence-corrected chi connectivity index (χ4v) is 7.02. The molecule has 3 nitrogen and oxygen atoms in total. The van der Waals surface area contributed by atoms with Gasteiger partial charge in [-0.1, -0.05) is 123 Å². The van der Waals surface area contributed by atoms with Gasteiger partial charge in [0.2, 0.25) is 0 Å². The number of hydrogen-bond donors (Lipinski definition) is 2. The highest BCUT2D eigenvalue weighted by molar-refractivity contribution is 5.39. The molecule has 0 aromatic carbocycles. The zero-order chi connectivity index (χ0) is 32.0. The first-order valence-electron chi connectivity index (χ1n) is 15.9. The van der Waals surface area contributed by atoms with Crippen molar-refractivity contribution in [1.82, 2.24) is 0 Å². The molecule has 43 heavy (non-hydrogen) atoms. The Kier molecular flexibility index (Phi) is 11.6. The summed E-state index contributed by atoms with van der Waals surface area (Å²) in [4.78, 5) is 0. The molecule has 3 aliphatic rings. The van der Waals surface area contributed by atoms with Gasteiger partial charge in [-0.25, -0.2) is 0 Å². The van der Waals surface area contributed by atoms with E-state index in [1.165, 1.54) is 39.0 Å². The zero-order valence-electron chi connectivity index (χ0n) is 28.4. The lowest BCUT2D eigenvalue weighted by molar-refractivity contribution is -0.0683. The predicted octanol–water partition coefficient (Wildman–Crippen LogP) is 9.76. The van der Waals surface area contributed by atoms with Crippen LogP contribution in [-0.4, -0.2) is 34.1 Å². The van der Waals surface area contributed by atoms with E-state index in [-0.39, 0.29) is 34.7 Å². The van der Waals surface area contributed by atoms with Gasteiger partial charge in [-0.2, -0.15) is 0 Å². The standard InChI is InChI=1S/C40H56O3/c1-28(17-13-18-30(3)21-22-35-32(5)23-33(41)25-38(35,6)7)15-11-12-16-29(2)19-14-20-31(4)36-24-37-39(8,9)26-34(42)27-40(37,10)43-36/h11-22,24,33-34,36,41-42H,23,25-27H2,1-10H3/b12-11+,17-13+,19-14+,22-21+,28-15+,29-16+,30-18+,31-20+/t33-,34+,36+,40-/m1/s1. The molecule has 2 N–H and O–H groups in total. The van der Waals surface area contributed by atoms with Crippen LogP contribution in [0.15, 0.2) is 118 Å². The molecule has 2 aliphatic carbocycles. The van der Waals surface area contributed by atoms with Crippen LogP contribution in [0.4, 0.5) is 0 Å². The lowest BCUT2D eigenvalue weighted by atomic mass is 9.65. The largest absolute Gasteiger partial charge is 0.393 e. The molecule has 3 heteroatoms. The molecule has 0 amide bonds. The van der Waals surface area contributed by atoms with Crippen LogP contribution in [0, 0.1) is 10.8 Å². The first-order chi connectivity index (χ1) is 20.0. The van der Waals surface area contributed by atoms with Gasteiger partial charge in [-0.05, 0) is 94.4 Å². The highest BCUT2D eigenvalue weighted by Crippen LogP contribution is 2.52. The van der Waals surface area contributed by atoms with Crippen molar-refractivity contribution >= 4 is 0 Å². The summed E-state index contributed by atoms with van der Waals surface area (Å²) in [6, 6.07) is 0. The van der Waals surface area contributed by atoms with Crippen LogP contribution < -0.4 is 0 Å². The fraction of sp³-hybridized carbons (Fsp3) is 0.500. The van der Waals surface area contributed by atoms with E-state index in [9.17, 15) is 10.2 Å². The molecule has 0 saturated heterocycles. The summed E-state index contributed by atoms with van der Waals surface area (Å²) in [5.74, 6) is 0. The molecule has 4 atom stereocenters. The van der Waals surface area contributed by atoms with Crippen molar-refractivity contribution in [2.45, 2.75) is 119 Å². The number of allylic oxidation sites excluding steroid dienone is 16. The normalized spacial score (nSPS) is 30.8. The summed E-state index contributed by atoms with van der Waals surface area (Å²) in [6.07, 6.45) is 30.2. The fourth-order valence-electron chi connectivity index (χ4n) is 7.02. The van der Waals surface area contributed by atoms with Crippen LogP contribution >= 0.6 is 0 Å². The Bertz CT molecular complexity index is 1330. The van der Waals surface area contributed by atoms with Crippen LogP contribution in [0.1, 0.15) is 94.9 Å². The number of hydrogen-bond acceptors (Lipinski definition) is 3. The molecular weight excluding hydrogens is 528 g/mol. The van der Waals surface area contributed by atoms with Crippen LogP contribution in [0.5, 0.6) is 0 Å². The van der Waals surface area contributed by atoms with Gasteiger partial charge in [0, 0.05) is 6.42 Å². The van der Waals surface area contributed by atoms with Gasteiger partial charge in [-0.15, -0.1) is 0 Å². The van der Waals surface area contributed by atoms with E-state index in [4.69, 9.17) is 4.74 Å². The van der Waals surface area contributed by atoms with Crippen molar-refractivity contribution in [1.29, 1.82) is 0 Å². The molecule has 0 aromatic heterocycles. The van der Waals surface area contributed by atoms with Crippen LogP contribution in [0.25, 0.3) is 0 Å². The Morgan fingerprint density at radius 3 is 1.86 bits per heavy atom. The zero-order valence-corrected chi connectivity index (χ0v) is 28.4. The summed E-state index contributed by atoms with van der Waals surface area (Å²) < 4.78 is 6.46. The molecule has 1 fully saturated rings. The van der Waals surface area contributed by atoms with E-state index in [1.807, 2.05) is 0 Å². The van der Waals surface area contributed by atoms with Gasteiger partial charge >= 0.3 is 0 Å². The molecule has 0 spiro atoms. The molecule has 0 radical (unpaired) electrons. The molecule has 0 aromatic rings. The van der Waals surface area contributed by atoms with Crippen molar-refractivity contribution < 1.29 is 14.9 Å². The first kappa shape index (κ1) is 34.8. The molecule has 234 valence electrons. The highest BCUT2D eigenvalue weighted by atomic mass is 16.5. The minimum atomic E-state index is -0.381. The van der Waals surface area contributed by atoms with Crippen LogP contribution in [0.3, 0.4) is 0 Å². The van der Waals surface area contributed by atoms with Crippen molar-refractivity contribution in [3.63, 3.8) is 0 Å². The van der Waals surface area contributed by atoms with E-state index in [0.717, 1.165) is 19.3 Å². The Balaban J connectivity index is 1.52. The van der Waals surface area contributed by atoms with Gasteiger partial charge in [0.15, 0.2) is 0 Å². The lowest BCUT2D eigenvalue weighted by Gasteiger charge is -2.44. The third-order valence-corrected chi connectivity index (χ3v) is 9.08. The van der Waals surface area contributed by atoms with Crippen LogP contribution in [0.2, 0.25) is 0 Å². The van der Waals surface area contributed by atoms with Gasteiger partial charge in [-0.3, -0.25) is 0 Å². The maximum absolute atomic E-state index is 10.4. The van der Waals surface area contributed by atoms with Gasteiger partial charge in [0.1, 0.15) is 0 Å². The molecule has 1 saturated carbocycles. The van der Waals surface area contributed by atoms with Gasteiger partial charge in [0.05, 0.1) is 23.9 Å². The number of fused-ring (bicyclic) bond motifs is 1. The number of aliphatic hydroxyl groups excluding tert-OH is 2. The van der Waals surface area contributed by atoms with Crippen molar-refractivity contribution in [3.8, 4) is 0 Å². The minimum Gasteiger partial charge on any atom is -0.393 e. The average molecular weight is 585 g/mol. The third-order valence-electron chi connectivity index (χ3n) is 9.08. The summed E-state index contributed by atoms with van der Waals surface area (Å²) >= 11 is 0. The van der Waals surface area contributed by atoms with Crippen LogP contribution in [-0.2, 0) is 4.74 Å². The second kappa shape index (κ2) is 14.4. The Morgan fingerprint density at radius 2 is 1.26 bits per heavy atom. The van der Waals surface area contributed by atoms with Crippen molar-refractivity contribution in [2.75, 3.05) is 0 Å². The summed E-state index contributed by atoms with van der Waals surface area (Å²) in [7, 11) is 0. The molecule has 1 aliphatic heterocycles. The van der Waals surface area contributed by atoms with E-state index in [1.54, 1.807) is 0 Å². The van der Waals surface area contributed by atoms with Crippen molar-refractivity contribution in [2.24, 2.45) is 10.8 Å². The topological polar surface area (TPSA) is 49.7 Å². The second-order valence-corrected chi connectivity index (χ2v) is 14.5. The maximum Gasteiger partial charge on any atom is 0.0982 e. The van der Waals surface area contributed by atoms with Crippen molar-refractivity contribution in [3.05, 3.63) is 118 Å². The quantitative estimate of drug-likeness (QED) is 0.209. The van der Waals surface area contributed by atoms with E-state index in [0.29, 0.717) is 6.42 Å². The molecule has 0 bridgehead atoms. The minimum absolute atomic E-state index is 0.00171. The Labute approximate surface area is 262 Å². The molecule has 3 rings (SSSR count). The highest BCUT2D eigenvalue weighted by Gasteiger charge is 2.50. The van der Waals surface area contributed by atoms with E-state index < -0.39 is 0 Å². The predicted molar refractivity (Wildman–Crippen MR) is 184 cm³/mol. The van der Waals surface area contributed by atoms with E-state index >= 15 is 0 Å². The second-order valence-electron chi connectivity index (χ2n) is 14.5. The average Bonchev–Trinajstić information content (AvgIpc) is 3.23. The SMILES string of the molecule is CC1=C(/C=C/C(C)=C/C=C/C(C)=C/C=C/C=C(C)/C=C/C=C(\C)[C@@H]2C=C3C(C)(C)C[C@H](O)C[C@@]3(C)O2)C(C)(C)C[C@H](O)C1. The maximum atomic E-state index is 10.4. The smallest absolute Gasteiger partial charge is 0.0982 e. The summed E-state index contributed by atoms with van der Waals surface area (Å²) in [5.41, 5.74) is 8.25. The molecule has 1 heterocycles. The Hall–Kier alpha value is -2.72. The first-order valence-corrected chi connectivity index (χ1v) is 15.9. The molecular formula is C40H56O3. The number of aliphatic hydroxyl groups is 2. The molecule has 0 unspecified atom stereocenters. The van der Waals surface area contributed by atoms with E-state index in [2.05, 4.69) is 148 Å². The summed E-state index contributed by atoms with van der Waals surface area (Å²) in [5, 5.41) is 20.5. The summed E-state index contributed by atoms with van der Waals surface area (Å²) in [6.45, 7) is 21.6.